The number of carbonyl (C=O) groups is 3. The average Bonchev–Trinajstić information content (AvgIpc) is 3.40. The molecule has 10 heteroatoms. The lowest BCUT2D eigenvalue weighted by Gasteiger charge is -2.38. The Balaban J connectivity index is 1.51. The molecule has 0 spiro atoms. The molecule has 1 saturated heterocycles. The number of carbonyl (C=O) groups excluding carboxylic acids is 3. The summed E-state index contributed by atoms with van der Waals surface area (Å²) in [5.74, 6) is -0.543. The molecule has 2 aliphatic rings. The van der Waals surface area contributed by atoms with Gasteiger partial charge in [-0.2, -0.15) is 0 Å². The molecule has 2 fully saturated rings. The number of likely N-dealkylation sites (tertiary alicyclic amines) is 1. The molecular formula is C27H35ClN6O3. The van der Waals surface area contributed by atoms with E-state index in [9.17, 15) is 14.4 Å². The van der Waals surface area contributed by atoms with Gasteiger partial charge in [0.2, 0.25) is 11.8 Å². The number of nitrogens with zero attached hydrogens (tertiary/aromatic N) is 4. The summed E-state index contributed by atoms with van der Waals surface area (Å²) in [5.41, 5.74) is 6.78. The zero-order valence-electron chi connectivity index (χ0n) is 21.0. The summed E-state index contributed by atoms with van der Waals surface area (Å²) < 4.78 is 0. The van der Waals surface area contributed by atoms with E-state index in [4.69, 9.17) is 17.3 Å². The van der Waals surface area contributed by atoms with Crippen molar-refractivity contribution < 1.29 is 14.4 Å². The summed E-state index contributed by atoms with van der Waals surface area (Å²) in [6, 6.07) is 6.54. The molecule has 0 radical (unpaired) electrons. The second-order valence-corrected chi connectivity index (χ2v) is 10.2. The van der Waals surface area contributed by atoms with Crippen molar-refractivity contribution in [3.8, 4) is 0 Å². The summed E-state index contributed by atoms with van der Waals surface area (Å²) in [4.78, 5) is 51.7. The predicted molar refractivity (Wildman–Crippen MR) is 141 cm³/mol. The molecule has 1 saturated carbocycles. The van der Waals surface area contributed by atoms with Crippen LogP contribution in [0, 0.1) is 0 Å². The minimum atomic E-state index is -0.724. The van der Waals surface area contributed by atoms with Gasteiger partial charge >= 0.3 is 0 Å². The summed E-state index contributed by atoms with van der Waals surface area (Å²) in [6.45, 7) is 1.15. The molecule has 198 valence electrons. The fourth-order valence-electron chi connectivity index (χ4n) is 5.37. The van der Waals surface area contributed by atoms with Gasteiger partial charge in [-0.15, -0.1) is 0 Å². The monoisotopic (exact) mass is 526 g/mol. The first-order chi connectivity index (χ1) is 18.0. The van der Waals surface area contributed by atoms with Crippen LogP contribution in [-0.4, -0.2) is 75.2 Å². The normalized spacial score (nSPS) is 18.9. The van der Waals surface area contributed by atoms with Gasteiger partial charge in [-0.3, -0.25) is 19.4 Å². The second-order valence-electron chi connectivity index (χ2n) is 9.81. The minimum absolute atomic E-state index is 0.113. The van der Waals surface area contributed by atoms with Crippen molar-refractivity contribution in [1.82, 2.24) is 25.1 Å². The maximum absolute atomic E-state index is 13.7. The molecule has 3 N–H and O–H groups in total. The topological polar surface area (TPSA) is 122 Å². The van der Waals surface area contributed by atoms with E-state index in [1.807, 2.05) is 17.0 Å². The highest BCUT2D eigenvalue weighted by Gasteiger charge is 2.39. The van der Waals surface area contributed by atoms with Crippen LogP contribution in [0.5, 0.6) is 0 Å². The molecule has 1 aromatic carbocycles. The lowest BCUT2D eigenvalue weighted by Crippen LogP contribution is -2.52. The van der Waals surface area contributed by atoms with E-state index in [2.05, 4.69) is 15.3 Å². The highest BCUT2D eigenvalue weighted by atomic mass is 35.5. The van der Waals surface area contributed by atoms with Gasteiger partial charge in [-0.1, -0.05) is 43.0 Å². The van der Waals surface area contributed by atoms with Crippen LogP contribution in [0.4, 0.5) is 0 Å². The lowest BCUT2D eigenvalue weighted by molar-refractivity contribution is -0.135. The molecule has 1 aromatic heterocycles. The van der Waals surface area contributed by atoms with Gasteiger partial charge in [0.05, 0.1) is 12.2 Å². The number of hydrogen-bond donors (Lipinski definition) is 2. The van der Waals surface area contributed by atoms with Gasteiger partial charge in [-0.05, 0) is 37.0 Å². The number of nitrogens with two attached hydrogens (primary N) is 1. The third-order valence-corrected chi connectivity index (χ3v) is 7.46. The third kappa shape index (κ3) is 7.05. The fourth-order valence-corrected chi connectivity index (χ4v) is 5.50. The minimum Gasteiger partial charge on any atom is -0.344 e. The van der Waals surface area contributed by atoms with Gasteiger partial charge in [-0.25, -0.2) is 4.98 Å². The van der Waals surface area contributed by atoms with E-state index in [0.29, 0.717) is 36.6 Å². The number of aromatic nitrogens is 2. The van der Waals surface area contributed by atoms with Crippen LogP contribution in [0.15, 0.2) is 42.9 Å². The Morgan fingerprint density at radius 2 is 1.84 bits per heavy atom. The Labute approximate surface area is 222 Å². The molecule has 37 heavy (non-hydrogen) atoms. The molecule has 4 rings (SSSR count). The number of rotatable bonds is 9. The highest BCUT2D eigenvalue weighted by Crippen LogP contribution is 2.29. The van der Waals surface area contributed by atoms with E-state index in [-0.39, 0.29) is 42.8 Å². The van der Waals surface area contributed by atoms with Crippen LogP contribution >= 0.6 is 11.6 Å². The van der Waals surface area contributed by atoms with Crippen molar-refractivity contribution in [3.63, 3.8) is 0 Å². The van der Waals surface area contributed by atoms with Crippen molar-refractivity contribution in [1.29, 1.82) is 0 Å². The number of nitrogens with one attached hydrogen (secondary N) is 1. The first kappa shape index (κ1) is 27.0. The van der Waals surface area contributed by atoms with Crippen LogP contribution in [-0.2, 0) is 16.0 Å². The Bertz CT molecular complexity index is 1060. The number of amides is 3. The molecule has 0 unspecified atom stereocenters. The van der Waals surface area contributed by atoms with Crippen LogP contribution in [0.25, 0.3) is 0 Å². The van der Waals surface area contributed by atoms with Crippen molar-refractivity contribution in [2.45, 2.75) is 69.5 Å². The Morgan fingerprint density at radius 3 is 2.51 bits per heavy atom. The largest absolute Gasteiger partial charge is 0.344 e. The second kappa shape index (κ2) is 13.0. The fraction of sp³-hybridized carbons (Fsp3) is 0.519. The maximum Gasteiger partial charge on any atom is 0.274 e. The molecule has 2 atom stereocenters. The van der Waals surface area contributed by atoms with Crippen molar-refractivity contribution in [2.24, 2.45) is 5.73 Å². The van der Waals surface area contributed by atoms with Crippen molar-refractivity contribution in [2.75, 3.05) is 19.6 Å². The van der Waals surface area contributed by atoms with Crippen molar-refractivity contribution in [3.05, 3.63) is 59.1 Å². The highest BCUT2D eigenvalue weighted by molar-refractivity contribution is 6.30. The standard InChI is InChI=1S/C27H35ClN6O3/c28-20-8-6-19(7-9-20)16-23(32-25(35)10-12-29)26(36)33-15-11-22(18-33)34(21-4-2-1-3-5-21)27(37)24-17-30-13-14-31-24/h6-9,13-14,17,21-23H,1-5,10-12,15-16,18,29H2,(H,32,35)/t22-,23+/m0/s1. The van der Waals surface area contributed by atoms with Gasteiger partial charge in [0.1, 0.15) is 11.7 Å². The molecule has 1 aliphatic heterocycles. The van der Waals surface area contributed by atoms with Crippen LogP contribution in [0.3, 0.4) is 0 Å². The van der Waals surface area contributed by atoms with E-state index in [1.165, 1.54) is 18.8 Å². The number of benzene rings is 1. The third-order valence-electron chi connectivity index (χ3n) is 7.21. The summed E-state index contributed by atoms with van der Waals surface area (Å²) >= 11 is 6.02. The number of hydrogen-bond acceptors (Lipinski definition) is 6. The van der Waals surface area contributed by atoms with Gasteiger partial charge in [0.15, 0.2) is 0 Å². The molecule has 3 amide bonds. The van der Waals surface area contributed by atoms with Gasteiger partial charge < -0.3 is 20.9 Å². The predicted octanol–water partition coefficient (Wildman–Crippen LogP) is 2.58. The first-order valence-corrected chi connectivity index (χ1v) is 13.5. The molecule has 0 bridgehead atoms. The summed E-state index contributed by atoms with van der Waals surface area (Å²) in [5, 5.41) is 3.48. The van der Waals surface area contributed by atoms with E-state index >= 15 is 0 Å². The van der Waals surface area contributed by atoms with Crippen LogP contribution in [0.2, 0.25) is 5.02 Å². The zero-order chi connectivity index (χ0) is 26.2. The number of halogens is 1. The van der Waals surface area contributed by atoms with Gasteiger partial charge in [0, 0.05) is 55.9 Å². The maximum atomic E-state index is 13.7. The quantitative estimate of drug-likeness (QED) is 0.518. The first-order valence-electron chi connectivity index (χ1n) is 13.1. The van der Waals surface area contributed by atoms with Gasteiger partial charge in [0.25, 0.3) is 5.91 Å². The molecule has 2 heterocycles. The van der Waals surface area contributed by atoms with Crippen LogP contribution in [0.1, 0.15) is 61.0 Å². The van der Waals surface area contributed by atoms with Crippen LogP contribution < -0.4 is 11.1 Å². The van der Waals surface area contributed by atoms with Crippen molar-refractivity contribution >= 4 is 29.3 Å². The molecule has 9 nitrogen and oxygen atoms in total. The molecular weight excluding hydrogens is 492 g/mol. The SMILES string of the molecule is NCCC(=O)N[C@H](Cc1ccc(Cl)cc1)C(=O)N1CC[C@H](N(C(=O)c2cnccn2)C2CCCCC2)C1. The smallest absolute Gasteiger partial charge is 0.274 e. The Morgan fingerprint density at radius 1 is 1.08 bits per heavy atom. The lowest BCUT2D eigenvalue weighted by atomic mass is 9.92. The van der Waals surface area contributed by atoms with E-state index in [1.54, 1.807) is 23.2 Å². The van der Waals surface area contributed by atoms with E-state index in [0.717, 1.165) is 31.2 Å². The molecule has 1 aliphatic carbocycles. The van der Waals surface area contributed by atoms with E-state index < -0.39 is 6.04 Å². The Kier molecular flexibility index (Phi) is 9.46. The molecule has 2 aromatic rings. The summed E-state index contributed by atoms with van der Waals surface area (Å²) in [7, 11) is 0. The average molecular weight is 527 g/mol. The Hall–Kier alpha value is -3.04. The zero-order valence-corrected chi connectivity index (χ0v) is 21.8. The summed E-state index contributed by atoms with van der Waals surface area (Å²) in [6.07, 6.45) is 11.0.